The Morgan fingerprint density at radius 2 is 2.00 bits per heavy atom. The molecule has 0 aliphatic carbocycles. The summed E-state index contributed by atoms with van der Waals surface area (Å²) in [5.41, 5.74) is 1.02. The van der Waals surface area contributed by atoms with Gasteiger partial charge in [0.1, 0.15) is 5.82 Å². The Kier molecular flexibility index (Phi) is 8.08. The Balaban J connectivity index is 2.56. The minimum atomic E-state index is -0.318. The van der Waals surface area contributed by atoms with Crippen molar-refractivity contribution in [3.63, 3.8) is 0 Å². The molecule has 0 heterocycles. The molecule has 1 unspecified atom stereocenters. The molecule has 108 valence electrons. The molecule has 1 aromatic carbocycles. The summed E-state index contributed by atoms with van der Waals surface area (Å²) in [4.78, 5) is 0. The normalized spacial score (nSPS) is 12.6. The molecular weight excluding hydrogens is 261 g/mol. The van der Waals surface area contributed by atoms with Crippen LogP contribution < -0.4 is 5.32 Å². The van der Waals surface area contributed by atoms with Crippen molar-refractivity contribution in [3.8, 4) is 0 Å². The lowest BCUT2D eigenvalue weighted by atomic mass is 10.00. The van der Waals surface area contributed by atoms with Gasteiger partial charge in [-0.15, -0.1) is 0 Å². The van der Waals surface area contributed by atoms with Gasteiger partial charge >= 0.3 is 0 Å². The van der Waals surface area contributed by atoms with Crippen molar-refractivity contribution in [2.24, 2.45) is 0 Å². The van der Waals surface area contributed by atoms with Crippen LogP contribution in [0.1, 0.15) is 51.5 Å². The molecule has 0 aliphatic rings. The van der Waals surface area contributed by atoms with Crippen molar-refractivity contribution in [3.05, 3.63) is 34.6 Å². The van der Waals surface area contributed by atoms with Gasteiger partial charge in [-0.05, 0) is 43.5 Å². The zero-order valence-corrected chi connectivity index (χ0v) is 12.8. The summed E-state index contributed by atoms with van der Waals surface area (Å²) in [6.07, 6.45) is 6.87. The predicted octanol–water partition coefficient (Wildman–Crippen LogP) is 4.97. The third-order valence-electron chi connectivity index (χ3n) is 3.31. The molecule has 0 saturated heterocycles. The Bertz CT molecular complexity index is 368. The highest BCUT2D eigenvalue weighted by Gasteiger charge is 2.10. The van der Waals surface area contributed by atoms with Gasteiger partial charge in [-0.3, -0.25) is 0 Å². The Morgan fingerprint density at radius 3 is 2.63 bits per heavy atom. The number of hydrogen-bond donors (Lipinski definition) is 1. The first-order chi connectivity index (χ1) is 9.17. The molecule has 0 amide bonds. The van der Waals surface area contributed by atoms with Gasteiger partial charge in [0.05, 0.1) is 5.02 Å². The van der Waals surface area contributed by atoms with Crippen molar-refractivity contribution in [1.82, 2.24) is 5.32 Å². The molecule has 1 aromatic rings. The van der Waals surface area contributed by atoms with Gasteiger partial charge in [-0.1, -0.05) is 50.8 Å². The topological polar surface area (TPSA) is 12.0 Å². The van der Waals surface area contributed by atoms with Crippen molar-refractivity contribution in [2.45, 2.75) is 58.4 Å². The van der Waals surface area contributed by atoms with E-state index < -0.39 is 0 Å². The van der Waals surface area contributed by atoms with Crippen LogP contribution in [0.25, 0.3) is 0 Å². The molecule has 1 N–H and O–H groups in total. The second kappa shape index (κ2) is 9.33. The van der Waals surface area contributed by atoms with Gasteiger partial charge in [0.2, 0.25) is 0 Å². The van der Waals surface area contributed by atoms with Gasteiger partial charge in [0, 0.05) is 6.04 Å². The van der Waals surface area contributed by atoms with Crippen LogP contribution in [0, 0.1) is 5.82 Å². The van der Waals surface area contributed by atoms with Gasteiger partial charge in [-0.25, -0.2) is 4.39 Å². The summed E-state index contributed by atoms with van der Waals surface area (Å²) in [7, 11) is 0. The van der Waals surface area contributed by atoms with E-state index in [1.54, 1.807) is 12.1 Å². The van der Waals surface area contributed by atoms with Crippen molar-refractivity contribution in [2.75, 3.05) is 6.54 Å². The van der Waals surface area contributed by atoms with Gasteiger partial charge in [0.25, 0.3) is 0 Å². The second-order valence-corrected chi connectivity index (χ2v) is 5.51. The zero-order valence-electron chi connectivity index (χ0n) is 12.0. The zero-order chi connectivity index (χ0) is 14.1. The lowest BCUT2D eigenvalue weighted by Gasteiger charge is -2.18. The maximum absolute atomic E-state index is 13.4. The molecule has 0 aliphatic heterocycles. The van der Waals surface area contributed by atoms with E-state index in [9.17, 15) is 4.39 Å². The van der Waals surface area contributed by atoms with Crippen molar-refractivity contribution >= 4 is 11.6 Å². The Morgan fingerprint density at radius 1 is 1.21 bits per heavy atom. The van der Waals surface area contributed by atoms with Crippen LogP contribution in [0.4, 0.5) is 4.39 Å². The summed E-state index contributed by atoms with van der Waals surface area (Å²) in [5, 5.41) is 3.76. The van der Waals surface area contributed by atoms with E-state index in [1.165, 1.54) is 19.3 Å². The minimum Gasteiger partial charge on any atom is -0.314 e. The number of hydrogen-bond acceptors (Lipinski definition) is 1. The highest BCUT2D eigenvalue weighted by Crippen LogP contribution is 2.17. The smallest absolute Gasteiger partial charge is 0.142 e. The first-order valence-corrected chi connectivity index (χ1v) is 7.72. The van der Waals surface area contributed by atoms with Crippen LogP contribution in [0.2, 0.25) is 5.02 Å². The summed E-state index contributed by atoms with van der Waals surface area (Å²) in [6.45, 7) is 5.40. The van der Waals surface area contributed by atoms with Gasteiger partial charge in [-0.2, -0.15) is 0 Å². The number of rotatable bonds is 9. The van der Waals surface area contributed by atoms with Crippen LogP contribution >= 0.6 is 11.6 Å². The summed E-state index contributed by atoms with van der Waals surface area (Å²) in [5.74, 6) is -0.318. The third kappa shape index (κ3) is 6.40. The fraction of sp³-hybridized carbons (Fsp3) is 0.625. The molecule has 0 spiro atoms. The summed E-state index contributed by atoms with van der Waals surface area (Å²) >= 11 is 5.71. The lowest BCUT2D eigenvalue weighted by Crippen LogP contribution is -2.31. The average molecular weight is 286 g/mol. The van der Waals surface area contributed by atoms with Crippen LogP contribution in [0.5, 0.6) is 0 Å². The first kappa shape index (κ1) is 16.5. The maximum atomic E-state index is 13.4. The molecular formula is C16H25ClFN. The monoisotopic (exact) mass is 285 g/mol. The highest BCUT2D eigenvalue weighted by molar-refractivity contribution is 6.30. The molecule has 1 rings (SSSR count). The highest BCUT2D eigenvalue weighted by atomic mass is 35.5. The SMILES string of the molecule is CCCCCC(Cc1ccc(Cl)c(F)c1)NCCC. The standard InChI is InChI=1S/C16H25ClFN/c1-3-5-6-7-14(19-10-4-2)11-13-8-9-15(17)16(18)12-13/h8-9,12,14,19H,3-7,10-11H2,1-2H3. The summed E-state index contributed by atoms with van der Waals surface area (Å²) in [6, 6.07) is 5.57. The fourth-order valence-corrected chi connectivity index (χ4v) is 2.33. The molecule has 0 aromatic heterocycles. The van der Waals surface area contributed by atoms with Gasteiger partial charge in [0.15, 0.2) is 0 Å². The van der Waals surface area contributed by atoms with E-state index in [0.29, 0.717) is 6.04 Å². The first-order valence-electron chi connectivity index (χ1n) is 7.34. The molecule has 1 atom stereocenters. The molecule has 19 heavy (non-hydrogen) atoms. The maximum Gasteiger partial charge on any atom is 0.142 e. The molecule has 0 saturated carbocycles. The van der Waals surface area contributed by atoms with E-state index in [0.717, 1.165) is 31.4 Å². The number of nitrogens with one attached hydrogen (secondary N) is 1. The van der Waals surface area contributed by atoms with E-state index in [2.05, 4.69) is 19.2 Å². The van der Waals surface area contributed by atoms with Crippen LogP contribution in [0.3, 0.4) is 0 Å². The number of halogens is 2. The molecule has 0 radical (unpaired) electrons. The van der Waals surface area contributed by atoms with E-state index in [1.807, 2.05) is 6.07 Å². The quantitative estimate of drug-likeness (QED) is 0.632. The molecule has 0 fully saturated rings. The lowest BCUT2D eigenvalue weighted by molar-refractivity contribution is 0.455. The van der Waals surface area contributed by atoms with E-state index >= 15 is 0 Å². The van der Waals surface area contributed by atoms with Crippen LogP contribution in [-0.2, 0) is 6.42 Å². The Hall–Kier alpha value is -0.600. The number of unbranched alkanes of at least 4 members (excludes halogenated alkanes) is 2. The largest absolute Gasteiger partial charge is 0.314 e. The van der Waals surface area contributed by atoms with Crippen molar-refractivity contribution in [1.29, 1.82) is 0 Å². The second-order valence-electron chi connectivity index (χ2n) is 5.10. The molecule has 1 nitrogen and oxygen atoms in total. The predicted molar refractivity (Wildman–Crippen MR) is 81.3 cm³/mol. The third-order valence-corrected chi connectivity index (χ3v) is 3.61. The van der Waals surface area contributed by atoms with E-state index in [4.69, 9.17) is 11.6 Å². The number of benzene rings is 1. The minimum absolute atomic E-state index is 0.202. The summed E-state index contributed by atoms with van der Waals surface area (Å²) < 4.78 is 13.4. The van der Waals surface area contributed by atoms with Crippen molar-refractivity contribution < 1.29 is 4.39 Å². The molecule has 0 bridgehead atoms. The van der Waals surface area contributed by atoms with Crippen LogP contribution in [-0.4, -0.2) is 12.6 Å². The average Bonchev–Trinajstić information content (AvgIpc) is 2.40. The molecule has 3 heteroatoms. The van der Waals surface area contributed by atoms with E-state index in [-0.39, 0.29) is 10.8 Å². The Labute approximate surface area is 121 Å². The fourth-order valence-electron chi connectivity index (χ4n) is 2.22. The van der Waals surface area contributed by atoms with Gasteiger partial charge < -0.3 is 5.32 Å². The van der Waals surface area contributed by atoms with Crippen LogP contribution in [0.15, 0.2) is 18.2 Å².